The predicted molar refractivity (Wildman–Crippen MR) is 275 cm³/mol. The Balaban J connectivity index is 1.25. The van der Waals surface area contributed by atoms with Crippen molar-refractivity contribution in [2.45, 2.75) is 136 Å². The summed E-state index contributed by atoms with van der Waals surface area (Å²) in [5.41, 5.74) is 22.1. The van der Waals surface area contributed by atoms with Crippen LogP contribution in [0.5, 0.6) is 0 Å². The van der Waals surface area contributed by atoms with Crippen LogP contribution in [0.15, 0.2) is 115 Å². The third kappa shape index (κ3) is 6.17. The molecule has 2 aliphatic carbocycles. The van der Waals surface area contributed by atoms with E-state index in [1.807, 2.05) is 0 Å². The summed E-state index contributed by atoms with van der Waals surface area (Å²) in [6.45, 7) is 29.2. The SMILES string of the molecule is Cc1cc2c3c(c1)N(c1ccc4c(c1)C(C)(C)CCC4(C)C)c1c(sc4cc5c(cc14)C(C)(C)CCC5(C)C)B3c1cc(C(C)(C)C)ccc1N2c1cccc(-c2ccccc2)c1. The third-order valence-corrected chi connectivity index (χ3v) is 17.2. The number of rotatable bonds is 3. The lowest BCUT2D eigenvalue weighted by molar-refractivity contribution is 0.332. The van der Waals surface area contributed by atoms with Crippen LogP contribution in [-0.2, 0) is 27.1 Å². The highest BCUT2D eigenvalue weighted by atomic mass is 32.1. The molecule has 4 aliphatic rings. The highest BCUT2D eigenvalue weighted by molar-refractivity contribution is 7.33. The Bertz CT molecular complexity index is 3030. The zero-order valence-corrected chi connectivity index (χ0v) is 40.5. The molecular weight excluding hydrogens is 780 g/mol. The van der Waals surface area contributed by atoms with E-state index >= 15 is 0 Å². The first-order valence-electron chi connectivity index (χ1n) is 23.5. The second-order valence-electron chi connectivity index (χ2n) is 23.2. The van der Waals surface area contributed by atoms with Crippen LogP contribution in [0, 0.1) is 6.92 Å². The maximum absolute atomic E-state index is 2.72. The molecule has 2 nitrogen and oxygen atoms in total. The molecule has 0 saturated carbocycles. The van der Waals surface area contributed by atoms with Crippen molar-refractivity contribution in [1.82, 2.24) is 0 Å². The van der Waals surface area contributed by atoms with Gasteiger partial charge in [0.15, 0.2) is 0 Å². The molecule has 0 unspecified atom stereocenters. The Kier molecular flexibility index (Phi) is 8.72. The quantitative estimate of drug-likeness (QED) is 0.164. The van der Waals surface area contributed by atoms with Gasteiger partial charge in [0.05, 0.1) is 5.69 Å². The van der Waals surface area contributed by atoms with E-state index in [9.17, 15) is 0 Å². The Morgan fingerprint density at radius 3 is 1.78 bits per heavy atom. The molecule has 0 radical (unpaired) electrons. The van der Waals surface area contributed by atoms with Crippen LogP contribution in [-0.4, -0.2) is 6.71 Å². The molecule has 63 heavy (non-hydrogen) atoms. The number of anilines is 6. The maximum atomic E-state index is 2.72. The van der Waals surface area contributed by atoms with Crippen molar-refractivity contribution in [2.75, 3.05) is 9.80 Å². The van der Waals surface area contributed by atoms with Gasteiger partial charge in [0.25, 0.3) is 6.71 Å². The van der Waals surface area contributed by atoms with Crippen LogP contribution in [0.4, 0.5) is 34.1 Å². The fourth-order valence-corrected chi connectivity index (χ4v) is 13.2. The third-order valence-electron chi connectivity index (χ3n) is 15.9. The Morgan fingerprint density at radius 2 is 1.11 bits per heavy atom. The van der Waals surface area contributed by atoms with Gasteiger partial charge >= 0.3 is 0 Å². The second kappa shape index (κ2) is 13.5. The number of aryl methyl sites for hydroxylation is 1. The molecule has 0 atom stereocenters. The Hall–Kier alpha value is -5.06. The minimum absolute atomic E-state index is 0.00685. The van der Waals surface area contributed by atoms with E-state index in [0.717, 1.165) is 0 Å². The summed E-state index contributed by atoms with van der Waals surface area (Å²) in [6, 6.07) is 45.3. The average molecular weight is 843 g/mol. The maximum Gasteiger partial charge on any atom is 0.264 e. The van der Waals surface area contributed by atoms with Crippen molar-refractivity contribution < 1.29 is 0 Å². The first kappa shape index (κ1) is 40.7. The Labute approximate surface area is 381 Å². The van der Waals surface area contributed by atoms with Crippen molar-refractivity contribution in [3.8, 4) is 11.1 Å². The van der Waals surface area contributed by atoms with Gasteiger partial charge in [0.1, 0.15) is 0 Å². The van der Waals surface area contributed by atoms with E-state index < -0.39 is 0 Å². The highest BCUT2D eigenvalue weighted by Crippen LogP contribution is 2.54. The molecule has 318 valence electrons. The zero-order chi connectivity index (χ0) is 44.2. The van der Waals surface area contributed by atoms with Gasteiger partial charge in [-0.3, -0.25) is 0 Å². The number of nitrogens with zero attached hydrogens (tertiary/aromatic N) is 2. The number of benzene rings is 6. The largest absolute Gasteiger partial charge is 0.311 e. The summed E-state index contributed by atoms with van der Waals surface area (Å²) in [5.74, 6) is 0. The minimum atomic E-state index is -0.00685. The van der Waals surface area contributed by atoms with E-state index in [1.165, 1.54) is 130 Å². The van der Waals surface area contributed by atoms with E-state index in [2.05, 4.69) is 219 Å². The van der Waals surface area contributed by atoms with Gasteiger partial charge in [-0.25, -0.2) is 0 Å². The fourth-order valence-electron chi connectivity index (χ4n) is 11.9. The van der Waals surface area contributed by atoms with Crippen LogP contribution in [0.1, 0.15) is 135 Å². The summed E-state index contributed by atoms with van der Waals surface area (Å²) in [7, 11) is 0. The molecule has 1 aromatic heterocycles. The molecule has 0 amide bonds. The standard InChI is InChI=1S/C59H63BN2S/c1-36-29-49-52-50(30-36)62(41-22-23-43-44(33-41)57(7,8)26-25-56(43,5)6)53-42-34-45-46(59(11,12)28-27-58(45,9)10)35-51(42)63-54(53)60(52)47-32-39(55(2,3)4)21-24-48(47)61(49)40-20-16-19-38(31-40)37-17-14-13-15-18-37/h13-24,29-35H,25-28H2,1-12H3. The molecule has 0 saturated heterocycles. The number of fused-ring (bicyclic) bond motifs is 8. The molecule has 2 aliphatic heterocycles. The molecule has 0 bridgehead atoms. The smallest absolute Gasteiger partial charge is 0.264 e. The first-order chi connectivity index (χ1) is 29.7. The lowest BCUT2D eigenvalue weighted by atomic mass is 9.36. The van der Waals surface area contributed by atoms with Gasteiger partial charge in [-0.15, -0.1) is 11.3 Å². The van der Waals surface area contributed by atoms with Crippen molar-refractivity contribution in [3.63, 3.8) is 0 Å². The fraction of sp³-hybridized carbons (Fsp3) is 0.356. The van der Waals surface area contributed by atoms with E-state index in [4.69, 9.17) is 0 Å². The molecule has 7 aromatic rings. The zero-order valence-electron chi connectivity index (χ0n) is 39.7. The average Bonchev–Trinajstić information content (AvgIpc) is 3.61. The molecule has 6 aromatic carbocycles. The van der Waals surface area contributed by atoms with Crippen LogP contribution in [0.3, 0.4) is 0 Å². The molecule has 4 heteroatoms. The van der Waals surface area contributed by atoms with Crippen LogP contribution < -0.4 is 25.5 Å². The van der Waals surface area contributed by atoms with Gasteiger partial charge < -0.3 is 9.80 Å². The van der Waals surface area contributed by atoms with E-state index in [-0.39, 0.29) is 33.8 Å². The van der Waals surface area contributed by atoms with Gasteiger partial charge in [0.2, 0.25) is 0 Å². The second-order valence-corrected chi connectivity index (χ2v) is 24.3. The monoisotopic (exact) mass is 842 g/mol. The van der Waals surface area contributed by atoms with Gasteiger partial charge in [0, 0.05) is 43.3 Å². The highest BCUT2D eigenvalue weighted by Gasteiger charge is 2.47. The molecule has 0 spiro atoms. The van der Waals surface area contributed by atoms with Crippen LogP contribution in [0.25, 0.3) is 21.2 Å². The van der Waals surface area contributed by atoms with E-state index in [0.29, 0.717) is 0 Å². The first-order valence-corrected chi connectivity index (χ1v) is 24.4. The molecule has 0 fully saturated rings. The van der Waals surface area contributed by atoms with Crippen molar-refractivity contribution in [1.29, 1.82) is 0 Å². The summed E-state index contributed by atoms with van der Waals surface area (Å²) in [6.07, 6.45) is 4.79. The van der Waals surface area contributed by atoms with Crippen LogP contribution >= 0.6 is 11.3 Å². The summed E-state index contributed by atoms with van der Waals surface area (Å²) >= 11 is 2.06. The molecule has 3 heterocycles. The molecule has 11 rings (SSSR count). The number of thiophene rings is 1. The van der Waals surface area contributed by atoms with Gasteiger partial charge in [-0.05, 0) is 170 Å². The summed E-state index contributed by atoms with van der Waals surface area (Å²) in [4.78, 5) is 5.31. The van der Waals surface area contributed by atoms with Crippen LogP contribution in [0.2, 0.25) is 0 Å². The minimum Gasteiger partial charge on any atom is -0.311 e. The van der Waals surface area contributed by atoms with Crippen molar-refractivity contribution in [2.24, 2.45) is 0 Å². The lowest BCUT2D eigenvalue weighted by Gasteiger charge is -2.45. The molecule has 0 N–H and O–H groups in total. The predicted octanol–water partition coefficient (Wildman–Crippen LogP) is 15.0. The lowest BCUT2D eigenvalue weighted by Crippen LogP contribution is -2.60. The van der Waals surface area contributed by atoms with Gasteiger partial charge in [-0.2, -0.15) is 0 Å². The Morgan fingerprint density at radius 1 is 0.524 bits per heavy atom. The topological polar surface area (TPSA) is 6.48 Å². The van der Waals surface area contributed by atoms with Crippen molar-refractivity contribution >= 4 is 78.0 Å². The number of hydrogen-bond donors (Lipinski definition) is 0. The number of hydrogen-bond acceptors (Lipinski definition) is 3. The van der Waals surface area contributed by atoms with Gasteiger partial charge in [-0.1, -0.05) is 137 Å². The summed E-state index contributed by atoms with van der Waals surface area (Å²) < 4.78 is 2.87. The normalized spacial score (nSPS) is 18.6. The molecular formula is C59H63BN2S. The van der Waals surface area contributed by atoms with E-state index in [1.54, 1.807) is 0 Å². The summed E-state index contributed by atoms with van der Waals surface area (Å²) in [5, 5.41) is 1.40. The van der Waals surface area contributed by atoms with Crippen molar-refractivity contribution in [3.05, 3.63) is 149 Å².